The normalized spacial score (nSPS) is 14.4. The summed E-state index contributed by atoms with van der Waals surface area (Å²) >= 11 is 7.14. The van der Waals surface area contributed by atoms with Gasteiger partial charge in [0.2, 0.25) is 0 Å². The summed E-state index contributed by atoms with van der Waals surface area (Å²) in [6, 6.07) is 2.74. The standard InChI is InChI=1S/C9H7ClFNOS/c1-14-9-4-13-8-3-6(11)5(10)2-7(8)12-9/h2-3H,4H2,1H3. The summed E-state index contributed by atoms with van der Waals surface area (Å²) in [5.74, 6) is -0.0297. The van der Waals surface area contributed by atoms with Crippen molar-refractivity contribution in [3.8, 4) is 5.75 Å². The van der Waals surface area contributed by atoms with Crippen LogP contribution in [0.25, 0.3) is 0 Å². The van der Waals surface area contributed by atoms with Crippen LogP contribution in [0.1, 0.15) is 0 Å². The predicted octanol–water partition coefficient (Wildman–Crippen LogP) is 3.26. The van der Waals surface area contributed by atoms with Crippen LogP contribution in [0.4, 0.5) is 10.1 Å². The summed E-state index contributed by atoms with van der Waals surface area (Å²) in [6.07, 6.45) is 1.91. The fraction of sp³-hybridized carbons (Fsp3) is 0.222. The first-order chi connectivity index (χ1) is 6.70. The lowest BCUT2D eigenvalue weighted by Crippen LogP contribution is -2.11. The van der Waals surface area contributed by atoms with E-state index in [2.05, 4.69) is 4.99 Å². The molecule has 0 aromatic heterocycles. The molecule has 1 aromatic carbocycles. The van der Waals surface area contributed by atoms with Crippen molar-refractivity contribution >= 4 is 34.1 Å². The largest absolute Gasteiger partial charge is 0.484 e. The quantitative estimate of drug-likeness (QED) is 0.684. The smallest absolute Gasteiger partial charge is 0.148 e. The Balaban J connectivity index is 2.48. The van der Waals surface area contributed by atoms with Gasteiger partial charge in [-0.05, 0) is 12.3 Å². The van der Waals surface area contributed by atoms with Crippen LogP contribution in [-0.4, -0.2) is 17.9 Å². The van der Waals surface area contributed by atoms with Crippen LogP contribution in [0.5, 0.6) is 5.75 Å². The zero-order valence-electron chi connectivity index (χ0n) is 7.38. The van der Waals surface area contributed by atoms with Crippen molar-refractivity contribution in [2.45, 2.75) is 0 Å². The lowest BCUT2D eigenvalue weighted by Gasteiger charge is -2.15. The van der Waals surface area contributed by atoms with Gasteiger partial charge < -0.3 is 4.74 Å². The zero-order chi connectivity index (χ0) is 10.1. The minimum Gasteiger partial charge on any atom is -0.484 e. The molecule has 2 rings (SSSR count). The maximum Gasteiger partial charge on any atom is 0.148 e. The first-order valence-corrected chi connectivity index (χ1v) is 5.54. The highest BCUT2D eigenvalue weighted by atomic mass is 35.5. The molecule has 0 unspecified atom stereocenters. The second-order valence-corrected chi connectivity index (χ2v) is 4.02. The first-order valence-electron chi connectivity index (χ1n) is 3.94. The first kappa shape index (κ1) is 9.80. The molecule has 0 saturated heterocycles. The third kappa shape index (κ3) is 1.72. The van der Waals surface area contributed by atoms with Gasteiger partial charge in [0.15, 0.2) is 0 Å². The molecule has 5 heteroatoms. The van der Waals surface area contributed by atoms with E-state index in [1.165, 1.54) is 23.9 Å². The average Bonchev–Trinajstić information content (AvgIpc) is 2.19. The Bertz CT molecular complexity index is 408. The number of aliphatic imine (C=N–C) groups is 1. The molecule has 0 bridgehead atoms. The summed E-state index contributed by atoms with van der Waals surface area (Å²) in [5, 5.41) is 0.929. The summed E-state index contributed by atoms with van der Waals surface area (Å²) in [5.41, 5.74) is 0.590. The van der Waals surface area contributed by atoms with Crippen LogP contribution in [0.3, 0.4) is 0 Å². The second kappa shape index (κ2) is 3.79. The van der Waals surface area contributed by atoms with Gasteiger partial charge in [0.25, 0.3) is 0 Å². The summed E-state index contributed by atoms with van der Waals surface area (Å²) in [4.78, 5) is 4.27. The molecule has 74 valence electrons. The van der Waals surface area contributed by atoms with E-state index in [4.69, 9.17) is 16.3 Å². The van der Waals surface area contributed by atoms with Gasteiger partial charge >= 0.3 is 0 Å². The maximum atomic E-state index is 13.0. The number of hydrogen-bond donors (Lipinski definition) is 0. The lowest BCUT2D eigenvalue weighted by molar-refractivity contribution is 0.373. The van der Waals surface area contributed by atoms with Crippen LogP contribution in [0.15, 0.2) is 17.1 Å². The van der Waals surface area contributed by atoms with Crippen molar-refractivity contribution in [2.75, 3.05) is 12.9 Å². The zero-order valence-corrected chi connectivity index (χ0v) is 8.95. The number of fused-ring (bicyclic) bond motifs is 1. The number of hydrogen-bond acceptors (Lipinski definition) is 3. The topological polar surface area (TPSA) is 21.6 Å². The molecular weight excluding hydrogens is 225 g/mol. The van der Waals surface area contributed by atoms with Gasteiger partial charge in [-0.2, -0.15) is 0 Å². The minimum absolute atomic E-state index is 0.0680. The molecular formula is C9H7ClFNOS. The molecule has 0 amide bonds. The van der Waals surface area contributed by atoms with E-state index in [9.17, 15) is 4.39 Å². The van der Waals surface area contributed by atoms with Crippen LogP contribution in [0, 0.1) is 5.82 Å². The fourth-order valence-corrected chi connectivity index (χ4v) is 1.66. The summed E-state index contributed by atoms with van der Waals surface area (Å²) in [6.45, 7) is 0.398. The van der Waals surface area contributed by atoms with Crippen molar-refractivity contribution in [2.24, 2.45) is 4.99 Å². The van der Waals surface area contributed by atoms with Crippen molar-refractivity contribution < 1.29 is 9.13 Å². The number of nitrogens with zero attached hydrogens (tertiary/aromatic N) is 1. The minimum atomic E-state index is -0.479. The number of benzene rings is 1. The lowest BCUT2D eigenvalue weighted by atomic mass is 10.2. The van der Waals surface area contributed by atoms with Crippen molar-refractivity contribution in [3.63, 3.8) is 0 Å². The molecule has 14 heavy (non-hydrogen) atoms. The van der Waals surface area contributed by atoms with Gasteiger partial charge in [-0.25, -0.2) is 9.38 Å². The number of thioether (sulfide) groups is 1. The Kier molecular flexibility index (Phi) is 2.65. The van der Waals surface area contributed by atoms with Crippen molar-refractivity contribution in [1.29, 1.82) is 0 Å². The van der Waals surface area contributed by atoms with E-state index in [1.807, 2.05) is 6.26 Å². The molecule has 1 heterocycles. The molecule has 0 N–H and O–H groups in total. The van der Waals surface area contributed by atoms with Crippen LogP contribution in [-0.2, 0) is 0 Å². The molecule has 0 radical (unpaired) electrons. The Morgan fingerprint density at radius 2 is 2.36 bits per heavy atom. The van der Waals surface area contributed by atoms with Gasteiger partial charge in [-0.1, -0.05) is 11.6 Å². The van der Waals surface area contributed by atoms with E-state index in [-0.39, 0.29) is 5.02 Å². The summed E-state index contributed by atoms with van der Waals surface area (Å²) in [7, 11) is 0. The highest BCUT2D eigenvalue weighted by molar-refractivity contribution is 8.13. The van der Waals surface area contributed by atoms with Gasteiger partial charge in [0.05, 0.1) is 5.02 Å². The Labute approximate surface area is 90.1 Å². The van der Waals surface area contributed by atoms with Crippen molar-refractivity contribution in [3.05, 3.63) is 23.0 Å². The average molecular weight is 232 g/mol. The number of rotatable bonds is 0. The maximum absolute atomic E-state index is 13.0. The van der Waals surface area contributed by atoms with Gasteiger partial charge in [0, 0.05) is 6.07 Å². The highest BCUT2D eigenvalue weighted by Gasteiger charge is 2.15. The Morgan fingerprint density at radius 1 is 1.57 bits per heavy atom. The predicted molar refractivity (Wildman–Crippen MR) is 57.5 cm³/mol. The third-order valence-electron chi connectivity index (χ3n) is 1.83. The van der Waals surface area contributed by atoms with Crippen LogP contribution < -0.4 is 4.74 Å². The van der Waals surface area contributed by atoms with Crippen LogP contribution >= 0.6 is 23.4 Å². The molecule has 1 aliphatic heterocycles. The molecule has 0 atom stereocenters. The Hall–Kier alpha value is -0.740. The SMILES string of the molecule is CSC1=Nc2cc(Cl)c(F)cc2OC1. The molecule has 2 nitrogen and oxygen atoms in total. The number of ether oxygens (including phenoxy) is 1. The summed E-state index contributed by atoms with van der Waals surface area (Å²) < 4.78 is 18.3. The highest BCUT2D eigenvalue weighted by Crippen LogP contribution is 2.35. The molecule has 0 aliphatic carbocycles. The monoisotopic (exact) mass is 231 g/mol. The van der Waals surface area contributed by atoms with Crippen LogP contribution in [0.2, 0.25) is 5.02 Å². The molecule has 0 fully saturated rings. The third-order valence-corrected chi connectivity index (χ3v) is 2.80. The molecule has 0 saturated carbocycles. The van der Waals surface area contributed by atoms with Gasteiger partial charge in [0.1, 0.15) is 28.9 Å². The Morgan fingerprint density at radius 3 is 3.07 bits per heavy atom. The van der Waals surface area contributed by atoms with E-state index in [1.54, 1.807) is 0 Å². The van der Waals surface area contributed by atoms with E-state index >= 15 is 0 Å². The molecule has 1 aromatic rings. The molecule has 1 aliphatic rings. The van der Waals surface area contributed by atoms with Gasteiger partial charge in [-0.3, -0.25) is 0 Å². The van der Waals surface area contributed by atoms with E-state index in [0.29, 0.717) is 18.0 Å². The fourth-order valence-electron chi connectivity index (χ4n) is 1.13. The second-order valence-electron chi connectivity index (χ2n) is 2.73. The van der Waals surface area contributed by atoms with E-state index < -0.39 is 5.82 Å². The van der Waals surface area contributed by atoms with Gasteiger partial charge in [-0.15, -0.1) is 11.8 Å². The van der Waals surface area contributed by atoms with Crippen molar-refractivity contribution in [1.82, 2.24) is 0 Å². The van der Waals surface area contributed by atoms with E-state index in [0.717, 1.165) is 5.04 Å². The molecule has 0 spiro atoms. The number of halogens is 2.